The minimum Gasteiger partial charge on any atom is -0.482 e. The molecule has 0 unspecified atom stereocenters. The van der Waals surface area contributed by atoms with E-state index in [1.165, 1.54) is 50.6 Å². The fourth-order valence-corrected chi connectivity index (χ4v) is 6.66. The number of carboxylic acid groups (broad SMARTS) is 1. The molecule has 1 N–H and O–H groups in total. The maximum absolute atomic E-state index is 13.0. The van der Waals surface area contributed by atoms with Gasteiger partial charge in [0.2, 0.25) is 0 Å². The highest BCUT2D eigenvalue weighted by Gasteiger charge is 2.52. The van der Waals surface area contributed by atoms with Crippen LogP contribution in [0.25, 0.3) is 0 Å². The fourth-order valence-electron chi connectivity index (χ4n) is 6.66. The molecule has 4 fully saturated rings. The number of ether oxygens (including phenoxy) is 3. The number of benzene rings is 2. The normalized spacial score (nSPS) is 26.7. The zero-order valence-corrected chi connectivity index (χ0v) is 19.1. The van der Waals surface area contributed by atoms with Crippen molar-refractivity contribution in [1.82, 2.24) is 0 Å². The molecule has 0 saturated heterocycles. The second-order valence-corrected chi connectivity index (χ2v) is 9.99. The summed E-state index contributed by atoms with van der Waals surface area (Å²) < 4.78 is 16.1. The van der Waals surface area contributed by atoms with E-state index in [2.05, 4.69) is 0 Å². The van der Waals surface area contributed by atoms with Gasteiger partial charge in [-0.2, -0.15) is 0 Å². The minimum absolute atomic E-state index is 0.0559. The van der Waals surface area contributed by atoms with Crippen molar-refractivity contribution >= 4 is 17.9 Å². The molecular weight excluding hydrogens is 436 g/mol. The van der Waals surface area contributed by atoms with Crippen LogP contribution in [0.5, 0.6) is 11.5 Å². The number of carbonyl (C=O) groups is 3. The molecule has 0 atom stereocenters. The molecule has 0 aromatic heterocycles. The Morgan fingerprint density at radius 3 is 2.06 bits per heavy atom. The van der Waals surface area contributed by atoms with Crippen LogP contribution in [-0.2, 0) is 14.9 Å². The van der Waals surface area contributed by atoms with Gasteiger partial charge in [0, 0.05) is 5.56 Å². The lowest BCUT2D eigenvalue weighted by Crippen LogP contribution is -2.48. The van der Waals surface area contributed by atoms with Gasteiger partial charge in [0.05, 0.1) is 18.2 Å². The zero-order valence-electron chi connectivity index (χ0n) is 19.1. The number of esters is 2. The average Bonchev–Trinajstić information content (AvgIpc) is 2.82. The maximum atomic E-state index is 13.0. The van der Waals surface area contributed by atoms with Crippen LogP contribution in [0.2, 0.25) is 0 Å². The van der Waals surface area contributed by atoms with Crippen molar-refractivity contribution in [3.8, 4) is 11.5 Å². The Morgan fingerprint density at radius 2 is 1.50 bits per heavy atom. The van der Waals surface area contributed by atoms with Crippen molar-refractivity contribution in [2.24, 2.45) is 17.8 Å². The molecule has 7 nitrogen and oxygen atoms in total. The molecule has 2 aromatic rings. The Bertz CT molecular complexity index is 1080. The molecule has 178 valence electrons. The third kappa shape index (κ3) is 4.27. The Balaban J connectivity index is 1.44. The molecule has 4 bridgehead atoms. The van der Waals surface area contributed by atoms with E-state index >= 15 is 0 Å². The summed E-state index contributed by atoms with van der Waals surface area (Å²) in [4.78, 5) is 35.8. The predicted molar refractivity (Wildman–Crippen MR) is 122 cm³/mol. The Kier molecular flexibility index (Phi) is 5.80. The molecule has 0 aliphatic heterocycles. The molecule has 4 aliphatic carbocycles. The number of methoxy groups -OCH3 is 1. The third-order valence-corrected chi connectivity index (χ3v) is 7.71. The molecule has 4 aliphatic rings. The molecule has 0 heterocycles. The van der Waals surface area contributed by atoms with Crippen LogP contribution < -0.4 is 9.47 Å². The van der Waals surface area contributed by atoms with Crippen molar-refractivity contribution < 1.29 is 33.7 Å². The van der Waals surface area contributed by atoms with Gasteiger partial charge in [-0.1, -0.05) is 0 Å². The van der Waals surface area contributed by atoms with Crippen LogP contribution in [-0.4, -0.2) is 36.7 Å². The van der Waals surface area contributed by atoms with Crippen LogP contribution in [0, 0.1) is 17.8 Å². The van der Waals surface area contributed by atoms with Gasteiger partial charge in [-0.3, -0.25) is 0 Å². The fraction of sp³-hybridized carbons (Fsp3) is 0.444. The number of hydrogen-bond acceptors (Lipinski definition) is 6. The van der Waals surface area contributed by atoms with Gasteiger partial charge in [0.25, 0.3) is 0 Å². The van der Waals surface area contributed by atoms with Crippen LogP contribution in [0.4, 0.5) is 0 Å². The molecule has 0 spiro atoms. The van der Waals surface area contributed by atoms with E-state index in [1.54, 1.807) is 12.1 Å². The second-order valence-electron chi connectivity index (χ2n) is 9.99. The average molecular weight is 465 g/mol. The van der Waals surface area contributed by atoms with E-state index in [9.17, 15) is 14.4 Å². The summed E-state index contributed by atoms with van der Waals surface area (Å²) in [5, 5.41) is 9.05. The molecular formula is C27H28O7. The van der Waals surface area contributed by atoms with Gasteiger partial charge in [0.1, 0.15) is 11.5 Å². The molecule has 34 heavy (non-hydrogen) atoms. The maximum Gasteiger partial charge on any atom is 0.343 e. The van der Waals surface area contributed by atoms with E-state index in [4.69, 9.17) is 19.3 Å². The lowest BCUT2D eigenvalue weighted by atomic mass is 9.48. The van der Waals surface area contributed by atoms with Crippen LogP contribution in [0.1, 0.15) is 64.8 Å². The number of aromatic carboxylic acids is 1. The van der Waals surface area contributed by atoms with Gasteiger partial charge in [0.15, 0.2) is 6.61 Å². The number of carboxylic acids is 1. The number of rotatable bonds is 7. The number of carbonyl (C=O) groups excluding carboxylic acids is 2. The molecule has 6 rings (SSSR count). The Morgan fingerprint density at radius 1 is 0.912 bits per heavy atom. The van der Waals surface area contributed by atoms with Gasteiger partial charge >= 0.3 is 17.9 Å². The predicted octanol–water partition coefficient (Wildman–Crippen LogP) is 4.62. The standard InChI is InChI=1S/C27H28O7/c1-32-24(28)15-33-23-7-4-20(26(31)34-21-5-2-19(3-6-21)25(29)30)11-22(23)27-12-16-8-17(13-27)10-18(9-16)14-27/h2-7,11,16-18H,8-10,12-15H2,1H3,(H,29,30). The van der Waals surface area contributed by atoms with E-state index in [0.717, 1.165) is 24.8 Å². The van der Waals surface area contributed by atoms with E-state index < -0.39 is 17.9 Å². The summed E-state index contributed by atoms with van der Waals surface area (Å²) in [5.74, 6) is 0.972. The van der Waals surface area contributed by atoms with Gasteiger partial charge in [-0.25, -0.2) is 14.4 Å². The van der Waals surface area contributed by atoms with E-state index in [0.29, 0.717) is 29.1 Å². The molecule has 0 radical (unpaired) electrons. The summed E-state index contributed by atoms with van der Waals surface area (Å²) in [6, 6.07) is 11.0. The SMILES string of the molecule is COC(=O)COc1ccc(C(=O)Oc2ccc(C(=O)O)cc2)cc1C12CC3CC(CC(C3)C1)C2. The molecule has 4 saturated carbocycles. The summed E-state index contributed by atoms with van der Waals surface area (Å²) in [7, 11) is 1.33. The Labute approximate surface area is 198 Å². The van der Waals surface area contributed by atoms with Gasteiger partial charge in [-0.15, -0.1) is 0 Å². The number of hydrogen-bond donors (Lipinski definition) is 1. The summed E-state index contributed by atoms with van der Waals surface area (Å²) in [6.07, 6.45) is 7.07. The molecule has 0 amide bonds. The monoisotopic (exact) mass is 464 g/mol. The first-order valence-corrected chi connectivity index (χ1v) is 11.7. The van der Waals surface area contributed by atoms with Gasteiger partial charge in [-0.05, 0) is 104 Å². The minimum atomic E-state index is -1.04. The quantitative estimate of drug-likeness (QED) is 0.471. The van der Waals surface area contributed by atoms with E-state index in [1.807, 2.05) is 6.07 Å². The lowest BCUT2D eigenvalue weighted by Gasteiger charge is -2.57. The first-order chi connectivity index (χ1) is 16.3. The van der Waals surface area contributed by atoms with Crippen molar-refractivity contribution in [3.05, 3.63) is 59.2 Å². The summed E-state index contributed by atoms with van der Waals surface area (Å²) in [5.41, 5.74) is 1.44. The van der Waals surface area contributed by atoms with Crippen LogP contribution in [0.15, 0.2) is 42.5 Å². The second kappa shape index (κ2) is 8.78. The van der Waals surface area contributed by atoms with Crippen molar-refractivity contribution in [2.45, 2.75) is 43.9 Å². The summed E-state index contributed by atoms with van der Waals surface area (Å²) >= 11 is 0. The summed E-state index contributed by atoms with van der Waals surface area (Å²) in [6.45, 7) is -0.185. The topological polar surface area (TPSA) is 99.1 Å². The Hall–Kier alpha value is -3.35. The highest BCUT2D eigenvalue weighted by atomic mass is 16.6. The highest BCUT2D eigenvalue weighted by Crippen LogP contribution is 2.62. The van der Waals surface area contributed by atoms with Crippen LogP contribution in [0.3, 0.4) is 0 Å². The van der Waals surface area contributed by atoms with Crippen molar-refractivity contribution in [1.29, 1.82) is 0 Å². The smallest absolute Gasteiger partial charge is 0.343 e. The zero-order chi connectivity index (χ0) is 23.9. The first-order valence-electron chi connectivity index (χ1n) is 11.7. The largest absolute Gasteiger partial charge is 0.482 e. The van der Waals surface area contributed by atoms with E-state index in [-0.39, 0.29) is 23.3 Å². The first kappa shape index (κ1) is 22.4. The molecule has 7 heteroatoms. The third-order valence-electron chi connectivity index (χ3n) is 7.71. The van der Waals surface area contributed by atoms with Crippen LogP contribution >= 0.6 is 0 Å². The van der Waals surface area contributed by atoms with Crippen molar-refractivity contribution in [3.63, 3.8) is 0 Å². The van der Waals surface area contributed by atoms with Crippen molar-refractivity contribution in [2.75, 3.05) is 13.7 Å². The molecule has 2 aromatic carbocycles. The van der Waals surface area contributed by atoms with Gasteiger partial charge < -0.3 is 19.3 Å². The lowest BCUT2D eigenvalue weighted by molar-refractivity contribution is -0.143. The highest BCUT2D eigenvalue weighted by molar-refractivity contribution is 5.92.